The zero-order chi connectivity index (χ0) is 11.6. The molecule has 5 heteroatoms. The summed E-state index contributed by atoms with van der Waals surface area (Å²) < 4.78 is 1.79. The van der Waals surface area contributed by atoms with Gasteiger partial charge in [0.05, 0.1) is 6.20 Å². The minimum atomic E-state index is -0.500. The summed E-state index contributed by atoms with van der Waals surface area (Å²) in [4.78, 5) is 8.31. The maximum Gasteiger partial charge on any atom is 0.198 e. The van der Waals surface area contributed by atoms with E-state index < -0.39 is 4.92 Å². The summed E-state index contributed by atoms with van der Waals surface area (Å²) in [5.41, 5.74) is 1.24. The van der Waals surface area contributed by atoms with Gasteiger partial charge in [0.25, 0.3) is 0 Å². The topological polar surface area (TPSA) is 59.9 Å². The van der Waals surface area contributed by atoms with Crippen LogP contribution in [0, 0.1) is 17.0 Å². The summed E-state index contributed by atoms with van der Waals surface area (Å²) >= 11 is 0. The van der Waals surface area contributed by atoms with Gasteiger partial charge in [0.2, 0.25) is 0 Å². The molecule has 0 fully saturated rings. The third kappa shape index (κ3) is 13.1. The van der Waals surface area contributed by atoms with Crippen molar-refractivity contribution in [2.75, 3.05) is 7.05 Å². The first-order valence-corrected chi connectivity index (χ1v) is 4.39. The first-order chi connectivity index (χ1) is 6.52. The van der Waals surface area contributed by atoms with E-state index in [1.165, 1.54) is 5.56 Å². The van der Waals surface area contributed by atoms with E-state index in [0.29, 0.717) is 0 Å². The van der Waals surface area contributed by atoms with Gasteiger partial charge >= 0.3 is 0 Å². The summed E-state index contributed by atoms with van der Waals surface area (Å²) in [6.45, 7) is 6.04. The molecule has 0 aromatic carbocycles. The van der Waals surface area contributed by atoms with Crippen LogP contribution in [0.25, 0.3) is 0 Å². The molecular formula is C9H18N3O2+. The highest BCUT2D eigenvalue weighted by atomic mass is 16.6. The minimum Gasteiger partial charge on any atom is -0.265 e. The summed E-state index contributed by atoms with van der Waals surface area (Å²) in [5, 5.41) is 12.8. The normalized spacial score (nSPS) is 7.50. The van der Waals surface area contributed by atoms with E-state index >= 15 is 0 Å². The number of rotatable bonds is 0. The van der Waals surface area contributed by atoms with E-state index in [9.17, 15) is 0 Å². The van der Waals surface area contributed by atoms with Crippen molar-refractivity contribution in [1.82, 2.24) is 5.10 Å². The molecule has 1 aromatic heterocycles. The monoisotopic (exact) mass is 200 g/mol. The number of nitrogens with zero attached hydrogens (tertiary/aromatic N) is 3. The smallest absolute Gasteiger partial charge is 0.198 e. The molecule has 0 unspecified atom stereocenters. The van der Waals surface area contributed by atoms with Gasteiger partial charge in [-0.2, -0.15) is 0 Å². The zero-order valence-electron chi connectivity index (χ0n) is 9.39. The maximum atomic E-state index is 8.81. The molecule has 0 aliphatic rings. The van der Waals surface area contributed by atoms with Crippen molar-refractivity contribution >= 4 is 0 Å². The molecular weight excluding hydrogens is 182 g/mol. The average Bonchev–Trinajstić information content (AvgIpc) is 2.06. The molecule has 0 saturated carbocycles. The van der Waals surface area contributed by atoms with Gasteiger partial charge in [0, 0.05) is 10.5 Å². The van der Waals surface area contributed by atoms with E-state index in [0.717, 1.165) is 7.05 Å². The first-order valence-electron chi connectivity index (χ1n) is 4.39. The molecule has 1 rings (SSSR count). The highest BCUT2D eigenvalue weighted by Gasteiger charge is 1.89. The Hall–Kier alpha value is -1.52. The van der Waals surface area contributed by atoms with Gasteiger partial charge in [0.1, 0.15) is 0 Å². The molecule has 0 N–H and O–H groups in total. The lowest BCUT2D eigenvalue weighted by Gasteiger charge is -1.83. The van der Waals surface area contributed by atoms with Crippen LogP contribution in [0.1, 0.15) is 19.4 Å². The molecule has 1 heterocycles. The largest absolute Gasteiger partial charge is 0.265 e. The van der Waals surface area contributed by atoms with Crippen molar-refractivity contribution in [2.24, 2.45) is 7.05 Å². The van der Waals surface area contributed by atoms with Crippen LogP contribution in [0.5, 0.6) is 0 Å². The molecule has 0 bridgehead atoms. The summed E-state index contributed by atoms with van der Waals surface area (Å²) in [6, 6.07) is 1.97. The number of aryl methyl sites for hydroxylation is 2. The van der Waals surface area contributed by atoms with Gasteiger partial charge in [-0.15, -0.1) is 0 Å². The highest BCUT2D eigenvalue weighted by Crippen LogP contribution is 1.84. The second-order valence-electron chi connectivity index (χ2n) is 2.32. The quantitative estimate of drug-likeness (QED) is 0.358. The van der Waals surface area contributed by atoms with Crippen LogP contribution in [0.4, 0.5) is 0 Å². The van der Waals surface area contributed by atoms with Gasteiger partial charge in [-0.25, -0.2) is 0 Å². The molecule has 0 aliphatic carbocycles. The molecule has 5 nitrogen and oxygen atoms in total. The molecule has 0 spiro atoms. The molecule has 1 aromatic rings. The van der Waals surface area contributed by atoms with Gasteiger partial charge in [-0.3, -0.25) is 10.1 Å². The Kier molecular flexibility index (Phi) is 10.2. The average molecular weight is 200 g/mol. The number of nitro groups is 1. The molecule has 0 aliphatic heterocycles. The predicted molar refractivity (Wildman–Crippen MR) is 54.4 cm³/mol. The Balaban J connectivity index is 0. The summed E-state index contributed by atoms with van der Waals surface area (Å²) in [6.07, 6.45) is 3.76. The van der Waals surface area contributed by atoms with E-state index in [1.54, 1.807) is 10.9 Å². The lowest BCUT2D eigenvalue weighted by molar-refractivity contribution is -0.731. The van der Waals surface area contributed by atoms with Crippen LogP contribution >= 0.6 is 0 Å². The molecule has 80 valence electrons. The molecule has 0 saturated heterocycles. The molecule has 0 atom stereocenters. The van der Waals surface area contributed by atoms with Gasteiger partial charge in [-0.1, -0.05) is 18.5 Å². The van der Waals surface area contributed by atoms with E-state index in [4.69, 9.17) is 10.1 Å². The maximum absolute atomic E-state index is 8.81. The van der Waals surface area contributed by atoms with Crippen LogP contribution in [-0.4, -0.2) is 17.1 Å². The van der Waals surface area contributed by atoms with Gasteiger partial charge in [-0.05, 0) is 18.1 Å². The standard InChI is InChI=1S/C6H9N2.C2H6.CH3NO2/c1-6-3-4-7-8(2)5-6;1-2;1-2(3)4/h3-5H,1-2H3;1-2H3;1H3/q+1;;. The fourth-order valence-corrected chi connectivity index (χ4v) is 0.627. The van der Waals surface area contributed by atoms with Crippen molar-refractivity contribution in [2.45, 2.75) is 20.8 Å². The Labute approximate surface area is 84.5 Å². The number of aromatic nitrogens is 2. The Bertz CT molecular complexity index is 243. The predicted octanol–water partition coefficient (Wildman–Crippen LogP) is 1.13. The van der Waals surface area contributed by atoms with Gasteiger partial charge < -0.3 is 0 Å². The minimum absolute atomic E-state index is 0.500. The third-order valence-corrected chi connectivity index (χ3v) is 0.977. The number of hydrogen-bond acceptors (Lipinski definition) is 3. The summed E-state index contributed by atoms with van der Waals surface area (Å²) in [5.74, 6) is 0. The second-order valence-corrected chi connectivity index (χ2v) is 2.32. The summed E-state index contributed by atoms with van der Waals surface area (Å²) in [7, 11) is 2.80. The highest BCUT2D eigenvalue weighted by molar-refractivity contribution is 4.97. The SMILES string of the molecule is CC.C[N+](=O)[O-].Cc1ccn[n+](C)c1. The molecule has 0 amide bonds. The van der Waals surface area contributed by atoms with E-state index in [1.807, 2.05) is 40.1 Å². The van der Waals surface area contributed by atoms with Crippen molar-refractivity contribution < 1.29 is 9.61 Å². The van der Waals surface area contributed by atoms with Crippen molar-refractivity contribution in [3.8, 4) is 0 Å². The van der Waals surface area contributed by atoms with Crippen LogP contribution in [0.2, 0.25) is 0 Å². The third-order valence-electron chi connectivity index (χ3n) is 0.977. The van der Waals surface area contributed by atoms with Crippen molar-refractivity contribution in [3.05, 3.63) is 34.1 Å². The second kappa shape index (κ2) is 9.57. The van der Waals surface area contributed by atoms with Gasteiger partial charge in [0.15, 0.2) is 20.3 Å². The lowest BCUT2D eigenvalue weighted by Crippen LogP contribution is -2.31. The van der Waals surface area contributed by atoms with Crippen LogP contribution in [0.3, 0.4) is 0 Å². The Morgan fingerprint density at radius 3 is 2.14 bits per heavy atom. The Morgan fingerprint density at radius 2 is 1.93 bits per heavy atom. The molecule has 14 heavy (non-hydrogen) atoms. The molecule has 0 radical (unpaired) electrons. The first kappa shape index (κ1) is 15.0. The number of hydrogen-bond donors (Lipinski definition) is 0. The fraction of sp³-hybridized carbons (Fsp3) is 0.556. The lowest BCUT2D eigenvalue weighted by atomic mass is 10.4. The van der Waals surface area contributed by atoms with Crippen LogP contribution in [-0.2, 0) is 7.05 Å². The van der Waals surface area contributed by atoms with Crippen LogP contribution in [0.15, 0.2) is 18.5 Å². The van der Waals surface area contributed by atoms with Crippen molar-refractivity contribution in [3.63, 3.8) is 0 Å². The fourth-order valence-electron chi connectivity index (χ4n) is 0.627. The van der Waals surface area contributed by atoms with E-state index in [-0.39, 0.29) is 0 Å². The van der Waals surface area contributed by atoms with Crippen LogP contribution < -0.4 is 4.68 Å². The van der Waals surface area contributed by atoms with Crippen molar-refractivity contribution in [1.29, 1.82) is 0 Å². The zero-order valence-corrected chi connectivity index (χ0v) is 9.39. The Morgan fingerprint density at radius 1 is 1.50 bits per heavy atom. The van der Waals surface area contributed by atoms with E-state index in [2.05, 4.69) is 5.10 Å².